The molecule has 4 heteroatoms. The van der Waals surface area contributed by atoms with E-state index in [2.05, 4.69) is 13.8 Å². The van der Waals surface area contributed by atoms with Gasteiger partial charge in [-0.1, -0.05) is 13.8 Å². The molecular weight excluding hydrogens is 240 g/mol. The van der Waals surface area contributed by atoms with E-state index < -0.39 is 0 Å². The summed E-state index contributed by atoms with van der Waals surface area (Å²) in [5.74, 6) is 0.653. The van der Waals surface area contributed by atoms with E-state index in [1.54, 1.807) is 30.1 Å². The number of carbonyl (C=O) groups is 1. The summed E-state index contributed by atoms with van der Waals surface area (Å²) in [6.45, 7) is 6.21. The van der Waals surface area contributed by atoms with E-state index in [1.807, 2.05) is 13.0 Å². The van der Waals surface area contributed by atoms with Gasteiger partial charge in [-0.15, -0.1) is 0 Å². The lowest BCUT2D eigenvalue weighted by Gasteiger charge is -2.27. The molecule has 1 unspecified atom stereocenters. The number of nitrogens with zero attached hydrogens (tertiary/aromatic N) is 1. The van der Waals surface area contributed by atoms with Crippen molar-refractivity contribution in [1.29, 1.82) is 0 Å². The molecule has 0 spiro atoms. The van der Waals surface area contributed by atoms with Crippen molar-refractivity contribution in [1.82, 2.24) is 4.90 Å². The number of furan rings is 1. The number of anilines is 1. The molecule has 0 saturated carbocycles. The Hall–Kier alpha value is -1.97. The fourth-order valence-electron chi connectivity index (χ4n) is 1.97. The minimum Gasteiger partial charge on any atom is -0.451 e. The average Bonchev–Trinajstić information content (AvgIpc) is 2.78. The molecule has 0 saturated heterocycles. The minimum absolute atomic E-state index is 0.101. The number of hydrogen-bond donors (Lipinski definition) is 1. The Balaban J connectivity index is 2.31. The van der Waals surface area contributed by atoms with Crippen molar-refractivity contribution in [3.8, 4) is 0 Å². The second kappa shape index (κ2) is 4.96. The molecule has 0 aliphatic heterocycles. The van der Waals surface area contributed by atoms with Crippen LogP contribution in [0, 0.1) is 5.92 Å². The number of nitrogens with two attached hydrogens (primary N) is 1. The summed E-state index contributed by atoms with van der Waals surface area (Å²) < 4.78 is 5.59. The number of nitrogen functional groups attached to an aromatic ring is 1. The molecule has 0 radical (unpaired) electrons. The molecule has 0 fully saturated rings. The Morgan fingerprint density at radius 3 is 2.58 bits per heavy atom. The first-order valence-electron chi connectivity index (χ1n) is 6.46. The van der Waals surface area contributed by atoms with Crippen LogP contribution in [0.15, 0.2) is 28.7 Å². The van der Waals surface area contributed by atoms with Gasteiger partial charge in [-0.2, -0.15) is 0 Å². The van der Waals surface area contributed by atoms with Gasteiger partial charge in [0.05, 0.1) is 0 Å². The molecule has 1 aromatic carbocycles. The summed E-state index contributed by atoms with van der Waals surface area (Å²) in [5.41, 5.74) is 7.07. The second-order valence-corrected chi connectivity index (χ2v) is 5.31. The van der Waals surface area contributed by atoms with Crippen LogP contribution in [0.3, 0.4) is 0 Å². The first-order chi connectivity index (χ1) is 8.90. The van der Waals surface area contributed by atoms with Gasteiger partial charge in [0, 0.05) is 24.2 Å². The molecule has 2 aromatic rings. The van der Waals surface area contributed by atoms with Gasteiger partial charge < -0.3 is 15.1 Å². The van der Waals surface area contributed by atoms with Crippen molar-refractivity contribution in [2.45, 2.75) is 26.8 Å². The van der Waals surface area contributed by atoms with E-state index in [-0.39, 0.29) is 11.9 Å². The van der Waals surface area contributed by atoms with Crippen LogP contribution in [0.1, 0.15) is 31.3 Å². The Labute approximate surface area is 113 Å². The highest BCUT2D eigenvalue weighted by molar-refractivity contribution is 5.96. The van der Waals surface area contributed by atoms with Crippen LogP contribution in [0.2, 0.25) is 0 Å². The van der Waals surface area contributed by atoms with E-state index in [0.717, 1.165) is 5.39 Å². The summed E-state index contributed by atoms with van der Waals surface area (Å²) in [6.07, 6.45) is 0. The Bertz CT molecular complexity index is 601. The fraction of sp³-hybridized carbons (Fsp3) is 0.400. The first-order valence-corrected chi connectivity index (χ1v) is 6.46. The molecule has 4 nitrogen and oxygen atoms in total. The van der Waals surface area contributed by atoms with Gasteiger partial charge in [-0.25, -0.2) is 0 Å². The zero-order valence-electron chi connectivity index (χ0n) is 11.8. The fourth-order valence-corrected chi connectivity index (χ4v) is 1.97. The maximum absolute atomic E-state index is 12.3. The molecule has 2 rings (SSSR count). The lowest BCUT2D eigenvalue weighted by Crippen LogP contribution is -2.38. The molecule has 0 aliphatic rings. The maximum Gasteiger partial charge on any atom is 0.289 e. The molecule has 0 aliphatic carbocycles. The Morgan fingerprint density at radius 1 is 1.26 bits per heavy atom. The van der Waals surface area contributed by atoms with Crippen molar-refractivity contribution in [2.75, 3.05) is 12.8 Å². The first kappa shape index (κ1) is 13.5. The quantitative estimate of drug-likeness (QED) is 0.862. The van der Waals surface area contributed by atoms with Crippen molar-refractivity contribution in [3.05, 3.63) is 30.0 Å². The molecule has 1 amide bonds. The second-order valence-electron chi connectivity index (χ2n) is 5.31. The van der Waals surface area contributed by atoms with Gasteiger partial charge in [0.1, 0.15) is 5.58 Å². The van der Waals surface area contributed by atoms with Gasteiger partial charge in [0.25, 0.3) is 5.91 Å². The van der Waals surface area contributed by atoms with Gasteiger partial charge in [-0.3, -0.25) is 4.79 Å². The third-order valence-corrected chi connectivity index (χ3v) is 3.65. The predicted molar refractivity (Wildman–Crippen MR) is 77.0 cm³/mol. The van der Waals surface area contributed by atoms with Crippen molar-refractivity contribution in [2.24, 2.45) is 5.92 Å². The molecule has 19 heavy (non-hydrogen) atoms. The number of rotatable bonds is 3. The summed E-state index contributed by atoms with van der Waals surface area (Å²) in [5, 5.41) is 0.856. The Morgan fingerprint density at radius 2 is 1.95 bits per heavy atom. The van der Waals surface area contributed by atoms with Crippen molar-refractivity contribution < 1.29 is 9.21 Å². The van der Waals surface area contributed by atoms with E-state index in [1.165, 1.54) is 0 Å². The SMILES string of the molecule is CC(C)C(C)N(C)C(=O)c1cc2cc(N)ccc2o1. The van der Waals surface area contributed by atoms with Crippen LogP contribution >= 0.6 is 0 Å². The van der Waals surface area contributed by atoms with Crippen LogP contribution in [0.25, 0.3) is 11.0 Å². The largest absolute Gasteiger partial charge is 0.451 e. The normalized spacial score (nSPS) is 12.9. The van der Waals surface area contributed by atoms with E-state index in [0.29, 0.717) is 22.9 Å². The monoisotopic (exact) mass is 260 g/mol. The molecule has 1 aromatic heterocycles. The lowest BCUT2D eigenvalue weighted by atomic mass is 10.1. The summed E-state index contributed by atoms with van der Waals surface area (Å²) in [7, 11) is 1.80. The predicted octanol–water partition coefficient (Wildman–Crippen LogP) is 3.13. The van der Waals surface area contributed by atoms with Crippen molar-refractivity contribution in [3.63, 3.8) is 0 Å². The van der Waals surface area contributed by atoms with Crippen LogP contribution in [-0.2, 0) is 0 Å². The average molecular weight is 260 g/mol. The maximum atomic E-state index is 12.3. The molecule has 0 bridgehead atoms. The van der Waals surface area contributed by atoms with Gasteiger partial charge in [0.15, 0.2) is 5.76 Å². The van der Waals surface area contributed by atoms with Crippen LogP contribution < -0.4 is 5.73 Å². The third kappa shape index (κ3) is 2.57. The number of benzene rings is 1. The van der Waals surface area contributed by atoms with Crippen molar-refractivity contribution >= 4 is 22.6 Å². The summed E-state index contributed by atoms with van der Waals surface area (Å²) in [6, 6.07) is 7.26. The summed E-state index contributed by atoms with van der Waals surface area (Å²) in [4.78, 5) is 14.1. The van der Waals surface area contributed by atoms with E-state index >= 15 is 0 Å². The zero-order chi connectivity index (χ0) is 14.2. The Kier molecular flexibility index (Phi) is 3.51. The molecule has 2 N–H and O–H groups in total. The smallest absolute Gasteiger partial charge is 0.289 e. The third-order valence-electron chi connectivity index (χ3n) is 3.65. The topological polar surface area (TPSA) is 59.5 Å². The highest BCUT2D eigenvalue weighted by Crippen LogP contribution is 2.23. The minimum atomic E-state index is -0.101. The zero-order valence-corrected chi connectivity index (χ0v) is 11.8. The summed E-state index contributed by atoms with van der Waals surface area (Å²) >= 11 is 0. The van der Waals surface area contributed by atoms with E-state index in [9.17, 15) is 4.79 Å². The van der Waals surface area contributed by atoms with Gasteiger partial charge in [0.2, 0.25) is 0 Å². The van der Waals surface area contributed by atoms with Crippen LogP contribution in [0.5, 0.6) is 0 Å². The van der Waals surface area contributed by atoms with Gasteiger partial charge >= 0.3 is 0 Å². The number of fused-ring (bicyclic) bond motifs is 1. The molecule has 1 heterocycles. The highest BCUT2D eigenvalue weighted by atomic mass is 16.3. The number of hydrogen-bond acceptors (Lipinski definition) is 3. The lowest BCUT2D eigenvalue weighted by molar-refractivity contribution is 0.0677. The molecule has 1 atom stereocenters. The van der Waals surface area contributed by atoms with Crippen LogP contribution in [-0.4, -0.2) is 23.9 Å². The number of amides is 1. The van der Waals surface area contributed by atoms with Crippen LogP contribution in [0.4, 0.5) is 5.69 Å². The molecular formula is C15H20N2O2. The van der Waals surface area contributed by atoms with E-state index in [4.69, 9.17) is 10.2 Å². The highest BCUT2D eigenvalue weighted by Gasteiger charge is 2.22. The number of carbonyl (C=O) groups excluding carboxylic acids is 1. The standard InChI is InChI=1S/C15H20N2O2/c1-9(2)10(3)17(4)15(18)14-8-11-7-12(16)5-6-13(11)19-14/h5-10H,16H2,1-4H3. The molecule has 102 valence electrons. The van der Waals surface area contributed by atoms with Gasteiger partial charge in [-0.05, 0) is 37.1 Å².